The minimum absolute atomic E-state index is 0.430. The molecule has 4 rings (SSSR count). The average Bonchev–Trinajstić information content (AvgIpc) is 2.95. The van der Waals surface area contributed by atoms with E-state index in [2.05, 4.69) is 0 Å². The van der Waals surface area contributed by atoms with Gasteiger partial charge in [0.1, 0.15) is 0 Å². The summed E-state index contributed by atoms with van der Waals surface area (Å²) in [5.41, 5.74) is 2.69. The fourth-order valence-corrected chi connectivity index (χ4v) is 4.43. The third kappa shape index (κ3) is 1.36. The number of aliphatic hydroxyl groups excluding tert-OH is 1. The molecule has 1 N–H and O–H groups in total. The maximum atomic E-state index is 12.4. The standard InChI is InChI=1S/C18H20O5/c1-7-9(3)22-17(5)13(7)11-12(16(20)21-15(11)19)14-8(2)10(4)23-18(14,17)6/h15,19H,1-6H3. The van der Waals surface area contributed by atoms with Gasteiger partial charge in [-0.15, -0.1) is 0 Å². The number of fused-ring (bicyclic) bond motifs is 4. The number of esters is 1. The van der Waals surface area contributed by atoms with Crippen LogP contribution in [0.15, 0.2) is 45.0 Å². The van der Waals surface area contributed by atoms with E-state index in [-0.39, 0.29) is 0 Å². The van der Waals surface area contributed by atoms with Gasteiger partial charge in [-0.3, -0.25) is 0 Å². The van der Waals surface area contributed by atoms with Crippen molar-refractivity contribution in [2.75, 3.05) is 0 Å². The zero-order chi connectivity index (χ0) is 16.9. The molecule has 0 radical (unpaired) electrons. The van der Waals surface area contributed by atoms with Crippen LogP contribution in [0.5, 0.6) is 0 Å². The molecule has 1 aliphatic carbocycles. The first-order valence-electron chi connectivity index (χ1n) is 7.76. The van der Waals surface area contributed by atoms with Gasteiger partial charge in [0.2, 0.25) is 6.29 Å². The molecule has 0 spiro atoms. The van der Waals surface area contributed by atoms with Crippen molar-refractivity contribution in [3.05, 3.63) is 45.0 Å². The fourth-order valence-electron chi connectivity index (χ4n) is 4.43. The summed E-state index contributed by atoms with van der Waals surface area (Å²) in [5.74, 6) is 1.03. The quantitative estimate of drug-likeness (QED) is 0.696. The third-order valence-corrected chi connectivity index (χ3v) is 5.84. The molecule has 0 aromatic rings. The maximum absolute atomic E-state index is 12.4. The van der Waals surface area contributed by atoms with Crippen molar-refractivity contribution < 1.29 is 24.1 Å². The fraction of sp³-hybridized carbons (Fsp3) is 0.500. The van der Waals surface area contributed by atoms with Gasteiger partial charge in [0.25, 0.3) is 0 Å². The summed E-state index contributed by atoms with van der Waals surface area (Å²) in [4.78, 5) is 12.4. The second-order valence-electron chi connectivity index (χ2n) is 6.93. The zero-order valence-electron chi connectivity index (χ0n) is 14.2. The van der Waals surface area contributed by atoms with Crippen LogP contribution in [0.25, 0.3) is 0 Å². The van der Waals surface area contributed by atoms with E-state index in [0.29, 0.717) is 11.1 Å². The molecule has 1 fully saturated rings. The van der Waals surface area contributed by atoms with Crippen LogP contribution in [0.3, 0.4) is 0 Å². The number of carbonyl (C=O) groups is 1. The molecule has 23 heavy (non-hydrogen) atoms. The molecule has 1 saturated heterocycles. The average molecular weight is 316 g/mol. The SMILES string of the molecule is CC1=C(C)C2=C3C(=O)OC(O)C3=C3C(C)=C(C)OC3(C)C2(C)O1. The number of hydrogen-bond acceptors (Lipinski definition) is 5. The highest BCUT2D eigenvalue weighted by Crippen LogP contribution is 2.61. The van der Waals surface area contributed by atoms with Gasteiger partial charge in [0.05, 0.1) is 17.1 Å². The monoisotopic (exact) mass is 316 g/mol. The largest absolute Gasteiger partial charge is 0.483 e. The van der Waals surface area contributed by atoms with E-state index in [0.717, 1.165) is 33.8 Å². The molecule has 0 amide bonds. The molecule has 3 unspecified atom stereocenters. The molecular weight excluding hydrogens is 296 g/mol. The van der Waals surface area contributed by atoms with Crippen LogP contribution in [-0.4, -0.2) is 28.6 Å². The summed E-state index contributed by atoms with van der Waals surface area (Å²) in [6, 6.07) is 0. The van der Waals surface area contributed by atoms with Crippen molar-refractivity contribution in [1.82, 2.24) is 0 Å². The van der Waals surface area contributed by atoms with Crippen molar-refractivity contribution in [3.8, 4) is 0 Å². The van der Waals surface area contributed by atoms with Crippen LogP contribution in [0.4, 0.5) is 0 Å². The van der Waals surface area contributed by atoms with E-state index in [1.54, 1.807) is 0 Å². The molecule has 5 nitrogen and oxygen atoms in total. The first-order valence-corrected chi connectivity index (χ1v) is 7.76. The Kier molecular flexibility index (Phi) is 2.47. The van der Waals surface area contributed by atoms with E-state index in [4.69, 9.17) is 14.2 Å². The van der Waals surface area contributed by atoms with Gasteiger partial charge < -0.3 is 19.3 Å². The highest BCUT2D eigenvalue weighted by atomic mass is 16.6. The van der Waals surface area contributed by atoms with Crippen molar-refractivity contribution in [2.45, 2.75) is 59.0 Å². The summed E-state index contributed by atoms with van der Waals surface area (Å²) in [6.07, 6.45) is -1.26. The molecule has 0 saturated carbocycles. The molecule has 5 heteroatoms. The van der Waals surface area contributed by atoms with Crippen molar-refractivity contribution in [2.24, 2.45) is 0 Å². The van der Waals surface area contributed by atoms with Crippen LogP contribution in [0.2, 0.25) is 0 Å². The van der Waals surface area contributed by atoms with E-state index in [9.17, 15) is 9.90 Å². The van der Waals surface area contributed by atoms with E-state index >= 15 is 0 Å². The van der Waals surface area contributed by atoms with Crippen molar-refractivity contribution in [3.63, 3.8) is 0 Å². The van der Waals surface area contributed by atoms with Gasteiger partial charge >= 0.3 is 5.97 Å². The summed E-state index contributed by atoms with van der Waals surface area (Å²) in [5, 5.41) is 10.3. The van der Waals surface area contributed by atoms with Crippen LogP contribution in [0.1, 0.15) is 41.5 Å². The predicted molar refractivity (Wildman–Crippen MR) is 81.9 cm³/mol. The summed E-state index contributed by atoms with van der Waals surface area (Å²) >= 11 is 0. The lowest BCUT2D eigenvalue weighted by molar-refractivity contribution is -0.149. The Hall–Kier alpha value is -2.01. The van der Waals surface area contributed by atoms with Gasteiger partial charge in [-0.05, 0) is 52.7 Å². The number of hydrogen-bond donors (Lipinski definition) is 1. The molecule has 3 aliphatic heterocycles. The molecule has 3 heterocycles. The lowest BCUT2D eigenvalue weighted by Gasteiger charge is -2.45. The summed E-state index contributed by atoms with van der Waals surface area (Å²) < 4.78 is 17.6. The first-order chi connectivity index (χ1) is 10.6. The van der Waals surface area contributed by atoms with Gasteiger partial charge in [0, 0.05) is 16.7 Å². The Bertz CT molecular complexity index is 809. The number of rotatable bonds is 0. The van der Waals surface area contributed by atoms with Gasteiger partial charge in [-0.2, -0.15) is 0 Å². The first kappa shape index (κ1) is 14.6. The Labute approximate surface area is 134 Å². The highest BCUT2D eigenvalue weighted by molar-refractivity contribution is 6.01. The third-order valence-electron chi connectivity index (χ3n) is 5.84. The second kappa shape index (κ2) is 3.90. The highest BCUT2D eigenvalue weighted by Gasteiger charge is 2.66. The van der Waals surface area contributed by atoms with Gasteiger partial charge in [0.15, 0.2) is 11.2 Å². The number of aliphatic hydroxyl groups is 1. The Morgan fingerprint density at radius 3 is 1.96 bits per heavy atom. The van der Waals surface area contributed by atoms with Crippen LogP contribution < -0.4 is 0 Å². The zero-order valence-corrected chi connectivity index (χ0v) is 14.2. The smallest absolute Gasteiger partial charge is 0.341 e. The predicted octanol–water partition coefficient (Wildman–Crippen LogP) is 2.63. The maximum Gasteiger partial charge on any atom is 0.341 e. The van der Waals surface area contributed by atoms with E-state index in [1.807, 2.05) is 41.5 Å². The lowest BCUT2D eigenvalue weighted by Crippen LogP contribution is -2.55. The Morgan fingerprint density at radius 2 is 1.39 bits per heavy atom. The number of carbonyl (C=O) groups excluding carboxylic acids is 1. The van der Waals surface area contributed by atoms with E-state index < -0.39 is 23.5 Å². The van der Waals surface area contributed by atoms with Crippen molar-refractivity contribution >= 4 is 5.97 Å². The van der Waals surface area contributed by atoms with Crippen LogP contribution in [-0.2, 0) is 19.0 Å². The van der Waals surface area contributed by atoms with Crippen LogP contribution >= 0.6 is 0 Å². The Balaban J connectivity index is 2.16. The molecule has 0 bridgehead atoms. The minimum atomic E-state index is -1.26. The Morgan fingerprint density at radius 1 is 0.913 bits per heavy atom. The minimum Gasteiger partial charge on any atom is -0.483 e. The number of ether oxygens (including phenoxy) is 3. The molecule has 122 valence electrons. The summed E-state index contributed by atoms with van der Waals surface area (Å²) in [6.45, 7) is 11.5. The second-order valence-corrected chi connectivity index (χ2v) is 6.93. The number of cyclic esters (lactones) is 1. The topological polar surface area (TPSA) is 65.0 Å². The van der Waals surface area contributed by atoms with Gasteiger partial charge in [-0.25, -0.2) is 4.79 Å². The molecule has 0 aromatic carbocycles. The van der Waals surface area contributed by atoms with Gasteiger partial charge in [-0.1, -0.05) is 0 Å². The van der Waals surface area contributed by atoms with E-state index in [1.165, 1.54) is 0 Å². The molecular formula is C18H20O5. The molecule has 0 aromatic heterocycles. The molecule has 3 atom stereocenters. The van der Waals surface area contributed by atoms with Crippen molar-refractivity contribution in [1.29, 1.82) is 0 Å². The van der Waals surface area contributed by atoms with Crippen LogP contribution in [0, 0.1) is 0 Å². The number of allylic oxidation sites excluding steroid dienone is 2. The molecule has 4 aliphatic rings. The summed E-state index contributed by atoms with van der Waals surface area (Å²) in [7, 11) is 0. The lowest BCUT2D eigenvalue weighted by atomic mass is 9.65. The normalized spacial score (nSPS) is 38.6.